The van der Waals surface area contributed by atoms with Gasteiger partial charge in [-0.25, -0.2) is 4.39 Å². The first-order valence-corrected chi connectivity index (χ1v) is 10.1. The third-order valence-electron chi connectivity index (χ3n) is 5.42. The summed E-state index contributed by atoms with van der Waals surface area (Å²) in [5, 5.41) is 10.5. The Labute approximate surface area is 168 Å². The highest BCUT2D eigenvalue weighted by Crippen LogP contribution is 2.43. The number of allylic oxidation sites excluding steroid dienone is 1. The molecule has 142 valence electrons. The van der Waals surface area contributed by atoms with Gasteiger partial charge in [0.15, 0.2) is 0 Å². The summed E-state index contributed by atoms with van der Waals surface area (Å²) in [6.07, 6.45) is 0.222. The van der Waals surface area contributed by atoms with Crippen molar-refractivity contribution in [3.05, 3.63) is 75.6 Å². The summed E-state index contributed by atoms with van der Waals surface area (Å²) in [5.41, 5.74) is 4.91. The van der Waals surface area contributed by atoms with E-state index in [4.69, 9.17) is 0 Å². The fourth-order valence-electron chi connectivity index (χ4n) is 3.63. The highest BCUT2D eigenvalue weighted by atomic mass is 32.2. The largest absolute Gasteiger partial charge is 0.344 e. The minimum absolute atomic E-state index is 0.00985. The summed E-state index contributed by atoms with van der Waals surface area (Å²) >= 11 is 1.51. The molecular weight excluding hydrogens is 373 g/mol. The molecule has 0 radical (unpaired) electrons. The Kier molecular flexibility index (Phi) is 4.86. The Balaban J connectivity index is 1.65. The number of fused-ring (bicyclic) bond motifs is 1. The average Bonchev–Trinajstić information content (AvgIpc) is 2.70. The lowest BCUT2D eigenvalue weighted by Crippen LogP contribution is -2.47. The maximum Gasteiger partial charge on any atom is 0.229 e. The van der Waals surface area contributed by atoms with Crippen LogP contribution >= 0.6 is 11.8 Å². The molecule has 6 heteroatoms. The summed E-state index contributed by atoms with van der Waals surface area (Å²) in [6.45, 7) is 4.59. The molecule has 1 fully saturated rings. The predicted molar refractivity (Wildman–Crippen MR) is 109 cm³/mol. The van der Waals surface area contributed by atoms with Crippen LogP contribution in [-0.4, -0.2) is 23.4 Å². The number of nitrogens with zero attached hydrogens (tertiary/aromatic N) is 3. The molecule has 0 bridgehead atoms. The molecule has 2 aliphatic heterocycles. The van der Waals surface area contributed by atoms with Gasteiger partial charge in [0.05, 0.1) is 29.2 Å². The quantitative estimate of drug-likeness (QED) is 0.744. The number of hydrogen-bond donors (Lipinski definition) is 0. The van der Waals surface area contributed by atoms with Crippen molar-refractivity contribution in [2.24, 2.45) is 0 Å². The number of thioether (sulfide) groups is 1. The fourth-order valence-corrected chi connectivity index (χ4v) is 4.80. The number of amides is 1. The molecular formula is C22H20FN3OS. The molecule has 2 aromatic carbocycles. The highest BCUT2D eigenvalue weighted by Gasteiger charge is 2.38. The molecule has 2 aromatic rings. The van der Waals surface area contributed by atoms with E-state index in [2.05, 4.69) is 43.0 Å². The van der Waals surface area contributed by atoms with Crippen LogP contribution in [0, 0.1) is 31.0 Å². The predicted octanol–water partition coefficient (Wildman–Crippen LogP) is 4.66. The van der Waals surface area contributed by atoms with Gasteiger partial charge >= 0.3 is 0 Å². The number of halogens is 1. The van der Waals surface area contributed by atoms with Crippen molar-refractivity contribution >= 4 is 23.4 Å². The van der Waals surface area contributed by atoms with E-state index in [0.717, 1.165) is 16.3 Å². The Morgan fingerprint density at radius 2 is 1.89 bits per heavy atom. The molecule has 0 aliphatic carbocycles. The van der Waals surface area contributed by atoms with Gasteiger partial charge in [-0.15, -0.1) is 0 Å². The van der Waals surface area contributed by atoms with Crippen molar-refractivity contribution in [3.8, 4) is 6.07 Å². The van der Waals surface area contributed by atoms with E-state index in [1.807, 2.05) is 0 Å². The first kappa shape index (κ1) is 18.6. The van der Waals surface area contributed by atoms with E-state index in [1.54, 1.807) is 17.0 Å². The molecule has 4 rings (SSSR count). The minimum Gasteiger partial charge on any atom is -0.344 e. The second-order valence-electron chi connectivity index (χ2n) is 7.18. The Morgan fingerprint density at radius 1 is 1.14 bits per heavy atom. The molecule has 0 unspecified atom stereocenters. The zero-order chi connectivity index (χ0) is 19.8. The molecule has 1 atom stereocenters. The van der Waals surface area contributed by atoms with E-state index in [-0.39, 0.29) is 24.1 Å². The van der Waals surface area contributed by atoms with Crippen molar-refractivity contribution in [2.75, 3.05) is 17.4 Å². The molecule has 28 heavy (non-hydrogen) atoms. The Bertz CT molecular complexity index is 1010. The topological polar surface area (TPSA) is 47.3 Å². The van der Waals surface area contributed by atoms with E-state index < -0.39 is 0 Å². The number of benzene rings is 2. The second-order valence-corrected chi connectivity index (χ2v) is 8.12. The number of carbonyl (C=O) groups is 1. The smallest absolute Gasteiger partial charge is 0.229 e. The van der Waals surface area contributed by atoms with E-state index in [1.165, 1.54) is 35.0 Å². The summed E-state index contributed by atoms with van der Waals surface area (Å²) in [5.74, 6) is 0.0206. The molecule has 2 aliphatic rings. The third-order valence-corrected chi connectivity index (χ3v) is 6.58. The number of hydrogen-bond acceptors (Lipinski definition) is 4. The van der Waals surface area contributed by atoms with Crippen LogP contribution in [0.4, 0.5) is 10.1 Å². The molecule has 2 heterocycles. The van der Waals surface area contributed by atoms with Crippen LogP contribution in [0.3, 0.4) is 0 Å². The molecule has 1 amide bonds. The summed E-state index contributed by atoms with van der Waals surface area (Å²) in [6, 6.07) is 14.7. The first-order chi connectivity index (χ1) is 13.5. The lowest BCUT2D eigenvalue weighted by atomic mass is 9.86. The first-order valence-electron chi connectivity index (χ1n) is 9.13. The minimum atomic E-state index is -0.324. The molecule has 1 saturated heterocycles. The van der Waals surface area contributed by atoms with E-state index >= 15 is 0 Å². The van der Waals surface area contributed by atoms with Gasteiger partial charge in [0.1, 0.15) is 5.82 Å². The zero-order valence-electron chi connectivity index (χ0n) is 15.8. The highest BCUT2D eigenvalue weighted by molar-refractivity contribution is 8.03. The van der Waals surface area contributed by atoms with Crippen LogP contribution in [0.1, 0.15) is 29.0 Å². The lowest BCUT2D eigenvalue weighted by Gasteiger charge is -2.42. The number of rotatable bonds is 2. The summed E-state index contributed by atoms with van der Waals surface area (Å²) < 4.78 is 13.3. The second kappa shape index (κ2) is 7.33. The maximum atomic E-state index is 13.3. The summed E-state index contributed by atoms with van der Waals surface area (Å²) in [4.78, 5) is 16.8. The van der Waals surface area contributed by atoms with Gasteiger partial charge in [0, 0.05) is 18.0 Å². The van der Waals surface area contributed by atoms with Crippen molar-refractivity contribution < 1.29 is 9.18 Å². The maximum absolute atomic E-state index is 13.3. The van der Waals surface area contributed by atoms with Crippen LogP contribution < -0.4 is 4.90 Å². The van der Waals surface area contributed by atoms with E-state index in [9.17, 15) is 14.4 Å². The Hall–Kier alpha value is -2.78. The van der Waals surface area contributed by atoms with E-state index in [0.29, 0.717) is 18.1 Å². The normalized spacial score (nSPS) is 19.5. The lowest BCUT2D eigenvalue weighted by molar-refractivity contribution is -0.129. The SMILES string of the molecule is Cc1ccc(N2CSC3=C(C#N)[C@@H](c4ccc(F)cc4)CC(=O)N3C2)cc1C. The van der Waals surface area contributed by atoms with Gasteiger partial charge in [-0.1, -0.05) is 30.0 Å². The van der Waals surface area contributed by atoms with Crippen molar-refractivity contribution in [2.45, 2.75) is 26.2 Å². The van der Waals surface area contributed by atoms with Gasteiger partial charge in [0.25, 0.3) is 0 Å². The molecule has 0 spiro atoms. The number of anilines is 1. The molecule has 0 N–H and O–H groups in total. The number of carbonyl (C=O) groups excluding carboxylic acids is 1. The number of nitriles is 1. The van der Waals surface area contributed by atoms with Crippen LogP contribution in [0.15, 0.2) is 53.1 Å². The van der Waals surface area contributed by atoms with Crippen molar-refractivity contribution in [3.63, 3.8) is 0 Å². The van der Waals surface area contributed by atoms with Crippen LogP contribution in [0.2, 0.25) is 0 Å². The zero-order valence-corrected chi connectivity index (χ0v) is 16.6. The monoisotopic (exact) mass is 393 g/mol. The van der Waals surface area contributed by atoms with Crippen molar-refractivity contribution in [1.29, 1.82) is 5.26 Å². The van der Waals surface area contributed by atoms with Gasteiger partial charge in [0.2, 0.25) is 5.91 Å². The van der Waals surface area contributed by atoms with Gasteiger partial charge in [-0.2, -0.15) is 5.26 Å². The van der Waals surface area contributed by atoms with Crippen molar-refractivity contribution in [1.82, 2.24) is 4.90 Å². The fraction of sp³-hybridized carbons (Fsp3) is 0.273. The van der Waals surface area contributed by atoms with Crippen LogP contribution in [0.25, 0.3) is 0 Å². The third kappa shape index (κ3) is 3.27. The molecule has 0 saturated carbocycles. The van der Waals surface area contributed by atoms with Gasteiger partial charge in [-0.05, 0) is 54.8 Å². The summed E-state index contributed by atoms with van der Waals surface area (Å²) in [7, 11) is 0. The van der Waals surface area contributed by atoms with Gasteiger partial charge < -0.3 is 4.90 Å². The molecule has 0 aromatic heterocycles. The van der Waals surface area contributed by atoms with Crippen LogP contribution in [-0.2, 0) is 4.79 Å². The molecule has 4 nitrogen and oxygen atoms in total. The van der Waals surface area contributed by atoms with Gasteiger partial charge in [-0.3, -0.25) is 9.69 Å². The van der Waals surface area contributed by atoms with Crippen LogP contribution in [0.5, 0.6) is 0 Å². The standard InChI is InChI=1S/C22H20FN3OS/c1-14-3-8-18(9-15(14)2)25-12-26-21(27)10-19(16-4-6-17(23)7-5-16)20(11-24)22(26)28-13-25/h3-9,19H,10,12-13H2,1-2H3/t19-/m1/s1. The Morgan fingerprint density at radius 3 is 2.57 bits per heavy atom. The number of aryl methyl sites for hydroxylation is 2. The average molecular weight is 393 g/mol.